The SMILES string of the molecule is CNC(=O)[C@H](Cc1ccc(NS(=O)(=O)O)cc1)NC(=O)OCc1ccccc1. The number of rotatable bonds is 8. The van der Waals surface area contributed by atoms with Gasteiger partial charge in [-0.05, 0) is 23.3 Å². The molecule has 0 unspecified atom stereocenters. The number of benzene rings is 2. The maximum absolute atomic E-state index is 12.1. The van der Waals surface area contributed by atoms with Crippen molar-refractivity contribution in [2.75, 3.05) is 11.8 Å². The number of anilines is 1. The molecule has 0 bridgehead atoms. The van der Waals surface area contributed by atoms with Crippen LogP contribution in [0.2, 0.25) is 0 Å². The molecule has 0 spiro atoms. The molecule has 9 nitrogen and oxygen atoms in total. The number of hydrogen-bond donors (Lipinski definition) is 4. The van der Waals surface area contributed by atoms with E-state index >= 15 is 0 Å². The van der Waals surface area contributed by atoms with E-state index in [4.69, 9.17) is 9.29 Å². The topological polar surface area (TPSA) is 134 Å². The first kappa shape index (κ1) is 21.2. The Hall–Kier alpha value is -3.11. The van der Waals surface area contributed by atoms with Gasteiger partial charge in [-0.1, -0.05) is 42.5 Å². The average molecular weight is 407 g/mol. The summed E-state index contributed by atoms with van der Waals surface area (Å²) in [4.78, 5) is 24.1. The molecule has 4 N–H and O–H groups in total. The zero-order chi connectivity index (χ0) is 20.6. The minimum Gasteiger partial charge on any atom is -0.445 e. The summed E-state index contributed by atoms with van der Waals surface area (Å²) in [6.45, 7) is 0.0726. The zero-order valence-corrected chi connectivity index (χ0v) is 15.9. The van der Waals surface area contributed by atoms with Gasteiger partial charge in [0.1, 0.15) is 12.6 Å². The summed E-state index contributed by atoms with van der Waals surface area (Å²) in [6, 6.07) is 14.2. The molecule has 0 aliphatic heterocycles. The van der Waals surface area contributed by atoms with Crippen molar-refractivity contribution in [3.63, 3.8) is 0 Å². The fourth-order valence-electron chi connectivity index (χ4n) is 2.38. The van der Waals surface area contributed by atoms with E-state index in [0.29, 0.717) is 5.56 Å². The molecule has 0 heterocycles. The van der Waals surface area contributed by atoms with Crippen molar-refractivity contribution in [2.24, 2.45) is 0 Å². The van der Waals surface area contributed by atoms with Gasteiger partial charge in [-0.25, -0.2) is 4.79 Å². The average Bonchev–Trinajstić information content (AvgIpc) is 2.66. The predicted molar refractivity (Wildman–Crippen MR) is 103 cm³/mol. The fourth-order valence-corrected chi connectivity index (χ4v) is 2.82. The van der Waals surface area contributed by atoms with Crippen molar-refractivity contribution in [3.8, 4) is 0 Å². The minimum atomic E-state index is -4.36. The van der Waals surface area contributed by atoms with Crippen LogP contribution >= 0.6 is 0 Å². The van der Waals surface area contributed by atoms with Crippen LogP contribution in [0.5, 0.6) is 0 Å². The van der Waals surface area contributed by atoms with E-state index < -0.39 is 28.3 Å². The third kappa shape index (κ3) is 7.25. The van der Waals surface area contributed by atoms with Crippen LogP contribution in [0.15, 0.2) is 54.6 Å². The van der Waals surface area contributed by atoms with Gasteiger partial charge in [0.15, 0.2) is 0 Å². The molecule has 0 aromatic heterocycles. The second-order valence-electron chi connectivity index (χ2n) is 5.85. The standard InChI is InChI=1S/C18H21N3O6S/c1-19-17(22)16(20-18(23)27-12-14-5-3-2-4-6-14)11-13-7-9-15(10-8-13)21-28(24,25)26/h2-10,16,21H,11-12H2,1H3,(H,19,22)(H,20,23)(H,24,25,26)/t16-/m0/s1. The molecule has 0 radical (unpaired) electrons. The minimum absolute atomic E-state index is 0.0726. The van der Waals surface area contributed by atoms with Gasteiger partial charge < -0.3 is 15.4 Å². The number of hydrogen-bond acceptors (Lipinski definition) is 5. The van der Waals surface area contributed by atoms with Crippen molar-refractivity contribution >= 4 is 28.0 Å². The zero-order valence-electron chi connectivity index (χ0n) is 15.1. The summed E-state index contributed by atoms with van der Waals surface area (Å²) in [5.74, 6) is -0.406. The first-order valence-corrected chi connectivity index (χ1v) is 9.74. The predicted octanol–water partition coefficient (Wildman–Crippen LogP) is 1.48. The Bertz CT molecular complexity index is 901. The molecule has 0 saturated heterocycles. The maximum Gasteiger partial charge on any atom is 0.408 e. The highest BCUT2D eigenvalue weighted by Gasteiger charge is 2.21. The summed E-state index contributed by atoms with van der Waals surface area (Å²) < 4.78 is 37.4. The quantitative estimate of drug-likeness (QED) is 0.490. The molecule has 28 heavy (non-hydrogen) atoms. The van der Waals surface area contributed by atoms with E-state index in [-0.39, 0.29) is 18.7 Å². The molecule has 150 valence electrons. The highest BCUT2D eigenvalue weighted by atomic mass is 32.2. The molecule has 0 aliphatic rings. The molecule has 2 aromatic rings. The summed E-state index contributed by atoms with van der Waals surface area (Å²) in [6.07, 6.45) is -0.575. The van der Waals surface area contributed by atoms with Crippen molar-refractivity contribution < 1.29 is 27.3 Å². The van der Waals surface area contributed by atoms with Crippen molar-refractivity contribution in [1.82, 2.24) is 10.6 Å². The van der Waals surface area contributed by atoms with E-state index in [0.717, 1.165) is 5.56 Å². The Balaban J connectivity index is 1.97. The number of ether oxygens (including phenoxy) is 1. The summed E-state index contributed by atoms with van der Waals surface area (Å²) in [5, 5.41) is 4.99. The van der Waals surface area contributed by atoms with Gasteiger partial charge in [-0.2, -0.15) is 8.42 Å². The monoisotopic (exact) mass is 407 g/mol. The number of alkyl carbamates (subject to hydrolysis) is 1. The first-order chi connectivity index (χ1) is 13.3. The van der Waals surface area contributed by atoms with Gasteiger partial charge in [0.25, 0.3) is 0 Å². The van der Waals surface area contributed by atoms with E-state index in [1.807, 2.05) is 35.1 Å². The van der Waals surface area contributed by atoms with E-state index in [1.165, 1.54) is 19.2 Å². The lowest BCUT2D eigenvalue weighted by Gasteiger charge is -2.17. The largest absolute Gasteiger partial charge is 0.445 e. The lowest BCUT2D eigenvalue weighted by atomic mass is 10.1. The van der Waals surface area contributed by atoms with Crippen molar-refractivity contribution in [1.29, 1.82) is 0 Å². The van der Waals surface area contributed by atoms with Gasteiger partial charge in [-0.15, -0.1) is 0 Å². The van der Waals surface area contributed by atoms with Gasteiger partial charge in [-0.3, -0.25) is 14.1 Å². The summed E-state index contributed by atoms with van der Waals surface area (Å²) in [7, 11) is -2.91. The molecule has 1 atom stereocenters. The van der Waals surface area contributed by atoms with Gasteiger partial charge >= 0.3 is 16.4 Å². The van der Waals surface area contributed by atoms with Crippen molar-refractivity contribution in [2.45, 2.75) is 19.1 Å². The Morgan fingerprint density at radius 3 is 2.25 bits per heavy atom. The van der Waals surface area contributed by atoms with Gasteiger partial charge in [0.05, 0.1) is 5.69 Å². The molecule has 0 saturated carbocycles. The summed E-state index contributed by atoms with van der Waals surface area (Å²) >= 11 is 0. The van der Waals surface area contributed by atoms with Crippen LogP contribution in [0.25, 0.3) is 0 Å². The molecule has 10 heteroatoms. The Morgan fingerprint density at radius 2 is 1.68 bits per heavy atom. The van der Waals surface area contributed by atoms with Gasteiger partial charge in [0.2, 0.25) is 5.91 Å². The Kier molecular flexibility index (Phi) is 7.36. The highest BCUT2D eigenvalue weighted by Crippen LogP contribution is 2.12. The van der Waals surface area contributed by atoms with Crippen LogP contribution in [-0.4, -0.2) is 38.1 Å². The van der Waals surface area contributed by atoms with E-state index in [1.54, 1.807) is 12.1 Å². The maximum atomic E-state index is 12.1. The first-order valence-electron chi connectivity index (χ1n) is 8.30. The molecular formula is C18H21N3O6S. The third-order valence-corrected chi connectivity index (χ3v) is 4.20. The normalized spacial score (nSPS) is 11.9. The van der Waals surface area contributed by atoms with Crippen LogP contribution in [0.3, 0.4) is 0 Å². The van der Waals surface area contributed by atoms with E-state index in [2.05, 4.69) is 10.6 Å². The molecule has 0 fully saturated rings. The summed E-state index contributed by atoms with van der Waals surface area (Å²) in [5.41, 5.74) is 1.65. The van der Waals surface area contributed by atoms with Crippen LogP contribution in [0.1, 0.15) is 11.1 Å². The lowest BCUT2D eigenvalue weighted by molar-refractivity contribution is -0.122. The van der Waals surface area contributed by atoms with Crippen LogP contribution in [0.4, 0.5) is 10.5 Å². The smallest absolute Gasteiger partial charge is 0.408 e. The Labute approximate surface area is 163 Å². The number of carbonyl (C=O) groups is 2. The van der Waals surface area contributed by atoms with Crippen LogP contribution in [0, 0.1) is 0 Å². The number of likely N-dealkylation sites (N-methyl/N-ethyl adjacent to an activating group) is 1. The number of amides is 2. The van der Waals surface area contributed by atoms with Crippen LogP contribution < -0.4 is 15.4 Å². The molecule has 2 rings (SSSR count). The van der Waals surface area contributed by atoms with E-state index in [9.17, 15) is 18.0 Å². The second kappa shape index (κ2) is 9.72. The third-order valence-electron chi connectivity index (χ3n) is 3.71. The highest BCUT2D eigenvalue weighted by molar-refractivity contribution is 7.87. The number of carbonyl (C=O) groups excluding carboxylic acids is 2. The molecule has 2 amide bonds. The Morgan fingerprint density at radius 1 is 1.04 bits per heavy atom. The van der Waals surface area contributed by atoms with Crippen molar-refractivity contribution in [3.05, 3.63) is 65.7 Å². The second-order valence-corrected chi connectivity index (χ2v) is 7.01. The molecular weight excluding hydrogens is 386 g/mol. The fraction of sp³-hybridized carbons (Fsp3) is 0.222. The van der Waals surface area contributed by atoms with Crippen LogP contribution in [-0.2, 0) is 32.9 Å². The lowest BCUT2D eigenvalue weighted by Crippen LogP contribution is -2.47. The van der Waals surface area contributed by atoms with Gasteiger partial charge in [0, 0.05) is 13.5 Å². The molecule has 0 aliphatic carbocycles. The molecule has 2 aromatic carbocycles. The number of nitrogens with one attached hydrogen (secondary N) is 3.